The van der Waals surface area contributed by atoms with Crippen LogP contribution < -0.4 is 5.32 Å². The normalized spacial score (nSPS) is 16.1. The zero-order valence-corrected chi connectivity index (χ0v) is 11.7. The first-order valence-corrected chi connectivity index (χ1v) is 7.11. The Balaban J connectivity index is 2.12. The summed E-state index contributed by atoms with van der Waals surface area (Å²) >= 11 is 0. The number of hydrogen-bond donors (Lipinski definition) is 2. The summed E-state index contributed by atoms with van der Waals surface area (Å²) in [7, 11) is 0. The lowest BCUT2D eigenvalue weighted by Gasteiger charge is -2.29. The van der Waals surface area contributed by atoms with E-state index in [0.29, 0.717) is 19.0 Å². The fraction of sp³-hybridized carbons (Fsp3) is 0.533. The number of amides is 1. The molecule has 0 bridgehead atoms. The third-order valence-corrected chi connectivity index (χ3v) is 3.81. The van der Waals surface area contributed by atoms with Crippen LogP contribution in [0.3, 0.4) is 0 Å². The lowest BCUT2D eigenvalue weighted by atomic mass is 9.97. The molecule has 0 aliphatic carbocycles. The Bertz CT molecular complexity index is 453. The van der Waals surface area contributed by atoms with Crippen LogP contribution in [0.5, 0.6) is 5.75 Å². The van der Waals surface area contributed by atoms with E-state index < -0.39 is 11.7 Å². The van der Waals surface area contributed by atoms with E-state index in [0.717, 1.165) is 25.9 Å². The van der Waals surface area contributed by atoms with Gasteiger partial charge in [0.2, 0.25) is 0 Å². The third-order valence-electron chi connectivity index (χ3n) is 3.81. The number of halogens is 1. The van der Waals surface area contributed by atoms with Crippen molar-refractivity contribution >= 4 is 5.91 Å². The molecule has 1 aromatic rings. The molecule has 0 radical (unpaired) electrons. The molecule has 1 heterocycles. The number of phenolic OH excluding ortho intramolecular Hbond substituents is 1. The molecule has 5 heteroatoms. The van der Waals surface area contributed by atoms with Crippen LogP contribution in [0, 0.1) is 11.7 Å². The molecule has 2 rings (SSSR count). The minimum absolute atomic E-state index is 0.219. The molecule has 110 valence electrons. The molecule has 0 atom stereocenters. The van der Waals surface area contributed by atoms with Gasteiger partial charge in [0, 0.05) is 13.1 Å². The van der Waals surface area contributed by atoms with Gasteiger partial charge >= 0.3 is 0 Å². The fourth-order valence-electron chi connectivity index (χ4n) is 2.61. The minimum atomic E-state index is -0.668. The molecule has 0 unspecified atom stereocenters. The zero-order valence-electron chi connectivity index (χ0n) is 11.7. The quantitative estimate of drug-likeness (QED) is 0.887. The van der Waals surface area contributed by atoms with Gasteiger partial charge in [0.15, 0.2) is 0 Å². The molecule has 1 saturated heterocycles. The summed E-state index contributed by atoms with van der Waals surface area (Å²) in [5.74, 6) is -0.951. The number of nitrogens with one attached hydrogen (secondary N) is 1. The summed E-state index contributed by atoms with van der Waals surface area (Å²) in [5, 5.41) is 13.0. The number of phenols is 1. The molecule has 1 aliphatic heterocycles. The monoisotopic (exact) mass is 280 g/mol. The van der Waals surface area contributed by atoms with E-state index in [2.05, 4.69) is 5.32 Å². The number of hydrogen-bond acceptors (Lipinski definition) is 3. The van der Waals surface area contributed by atoms with Gasteiger partial charge in [-0.3, -0.25) is 4.79 Å². The number of carbonyl (C=O) groups excluding carboxylic acids is 1. The van der Waals surface area contributed by atoms with Gasteiger partial charge in [0.05, 0.1) is 0 Å². The van der Waals surface area contributed by atoms with Gasteiger partial charge in [0.1, 0.15) is 17.1 Å². The van der Waals surface area contributed by atoms with E-state index in [1.54, 1.807) is 4.90 Å². The van der Waals surface area contributed by atoms with Gasteiger partial charge in [-0.05, 0) is 50.9 Å². The molecule has 0 spiro atoms. The first-order valence-electron chi connectivity index (χ1n) is 7.11. The molecule has 0 aromatic heterocycles. The van der Waals surface area contributed by atoms with Gasteiger partial charge in [-0.1, -0.05) is 6.07 Å². The number of piperidine rings is 1. The molecular formula is C15H21FN2O2. The van der Waals surface area contributed by atoms with E-state index in [1.807, 2.05) is 6.92 Å². The highest BCUT2D eigenvalue weighted by Gasteiger charge is 2.24. The first kappa shape index (κ1) is 14.8. The second kappa shape index (κ2) is 6.70. The van der Waals surface area contributed by atoms with Crippen LogP contribution in [0.4, 0.5) is 4.39 Å². The average Bonchev–Trinajstić information content (AvgIpc) is 2.45. The zero-order chi connectivity index (χ0) is 14.5. The van der Waals surface area contributed by atoms with Crippen LogP contribution in [0.15, 0.2) is 18.2 Å². The largest absolute Gasteiger partial charge is 0.507 e. The lowest BCUT2D eigenvalue weighted by molar-refractivity contribution is 0.0719. The Labute approximate surface area is 118 Å². The van der Waals surface area contributed by atoms with E-state index >= 15 is 0 Å². The molecule has 4 nitrogen and oxygen atoms in total. The molecule has 1 aliphatic rings. The molecule has 0 saturated carbocycles. The van der Waals surface area contributed by atoms with Gasteiger partial charge in [-0.2, -0.15) is 0 Å². The Kier molecular flexibility index (Phi) is 4.95. The topological polar surface area (TPSA) is 52.6 Å². The third kappa shape index (κ3) is 3.28. The van der Waals surface area contributed by atoms with E-state index in [1.165, 1.54) is 18.2 Å². The number of nitrogens with zero attached hydrogens (tertiary/aromatic N) is 1. The van der Waals surface area contributed by atoms with Crippen molar-refractivity contribution in [2.45, 2.75) is 19.8 Å². The SMILES string of the molecule is CCN(CC1CCNCC1)C(=O)c1c(O)cccc1F. The van der Waals surface area contributed by atoms with Gasteiger partial charge < -0.3 is 15.3 Å². The summed E-state index contributed by atoms with van der Waals surface area (Å²) in [5.41, 5.74) is -0.219. The van der Waals surface area contributed by atoms with E-state index in [-0.39, 0.29) is 11.3 Å². The van der Waals surface area contributed by atoms with Crippen LogP contribution in [0.25, 0.3) is 0 Å². The van der Waals surface area contributed by atoms with Gasteiger partial charge in [-0.25, -0.2) is 4.39 Å². The smallest absolute Gasteiger partial charge is 0.260 e. The highest BCUT2D eigenvalue weighted by molar-refractivity contribution is 5.97. The summed E-state index contributed by atoms with van der Waals surface area (Å²) in [4.78, 5) is 14.0. The molecule has 20 heavy (non-hydrogen) atoms. The second-order valence-corrected chi connectivity index (χ2v) is 5.17. The average molecular weight is 280 g/mol. The highest BCUT2D eigenvalue weighted by Crippen LogP contribution is 2.23. The maximum atomic E-state index is 13.8. The Morgan fingerprint density at radius 2 is 2.15 bits per heavy atom. The van der Waals surface area contributed by atoms with Crippen molar-refractivity contribution in [1.29, 1.82) is 0 Å². The summed E-state index contributed by atoms with van der Waals surface area (Å²) in [6.07, 6.45) is 2.04. The number of carbonyl (C=O) groups is 1. The van der Waals surface area contributed by atoms with Crippen LogP contribution in [-0.2, 0) is 0 Å². The first-order chi connectivity index (χ1) is 9.63. The maximum Gasteiger partial charge on any atom is 0.260 e. The molecule has 1 aromatic carbocycles. The van der Waals surface area contributed by atoms with Crippen LogP contribution in [0.2, 0.25) is 0 Å². The predicted octanol–water partition coefficient (Wildman–Crippen LogP) is 1.99. The lowest BCUT2D eigenvalue weighted by Crippen LogP contribution is -2.39. The van der Waals surface area contributed by atoms with Crippen molar-refractivity contribution in [2.75, 3.05) is 26.2 Å². The maximum absolute atomic E-state index is 13.8. The second-order valence-electron chi connectivity index (χ2n) is 5.17. The summed E-state index contributed by atoms with van der Waals surface area (Å²) in [6, 6.07) is 3.94. The minimum Gasteiger partial charge on any atom is -0.507 e. The van der Waals surface area contributed by atoms with Crippen LogP contribution >= 0.6 is 0 Å². The van der Waals surface area contributed by atoms with Crippen LogP contribution in [0.1, 0.15) is 30.1 Å². The molecule has 1 amide bonds. The Morgan fingerprint density at radius 1 is 1.45 bits per heavy atom. The van der Waals surface area contributed by atoms with E-state index in [9.17, 15) is 14.3 Å². The highest BCUT2D eigenvalue weighted by atomic mass is 19.1. The predicted molar refractivity (Wildman–Crippen MR) is 75.2 cm³/mol. The Morgan fingerprint density at radius 3 is 2.75 bits per heavy atom. The standard InChI is InChI=1S/C15H21FN2O2/c1-2-18(10-11-6-8-17-9-7-11)15(20)14-12(16)4-3-5-13(14)19/h3-5,11,17,19H,2,6-10H2,1H3. The molecule has 2 N–H and O–H groups in total. The fourth-order valence-corrected chi connectivity index (χ4v) is 2.61. The van der Waals surface area contributed by atoms with Crippen molar-refractivity contribution in [1.82, 2.24) is 10.2 Å². The number of rotatable bonds is 4. The molecular weight excluding hydrogens is 259 g/mol. The van der Waals surface area contributed by atoms with E-state index in [4.69, 9.17) is 0 Å². The summed E-state index contributed by atoms with van der Waals surface area (Å²) in [6.45, 7) is 4.92. The summed E-state index contributed by atoms with van der Waals surface area (Å²) < 4.78 is 13.8. The van der Waals surface area contributed by atoms with Gasteiger partial charge in [0.25, 0.3) is 5.91 Å². The van der Waals surface area contributed by atoms with Crippen molar-refractivity contribution in [3.63, 3.8) is 0 Å². The van der Waals surface area contributed by atoms with Crippen molar-refractivity contribution in [3.05, 3.63) is 29.6 Å². The number of benzene rings is 1. The molecule has 1 fully saturated rings. The van der Waals surface area contributed by atoms with Crippen LogP contribution in [-0.4, -0.2) is 42.1 Å². The van der Waals surface area contributed by atoms with Gasteiger partial charge in [-0.15, -0.1) is 0 Å². The van der Waals surface area contributed by atoms with Crippen molar-refractivity contribution in [3.8, 4) is 5.75 Å². The van der Waals surface area contributed by atoms with Crippen molar-refractivity contribution in [2.24, 2.45) is 5.92 Å². The van der Waals surface area contributed by atoms with Crippen molar-refractivity contribution < 1.29 is 14.3 Å². The Hall–Kier alpha value is -1.62. The number of aromatic hydroxyl groups is 1.